The van der Waals surface area contributed by atoms with E-state index in [0.29, 0.717) is 15.9 Å². The molecule has 0 saturated carbocycles. The number of hydrogen-bond acceptors (Lipinski definition) is 3. The molecule has 0 fully saturated rings. The van der Waals surface area contributed by atoms with E-state index in [1.54, 1.807) is 36.6 Å². The lowest BCUT2D eigenvalue weighted by Crippen LogP contribution is -2.29. The molecule has 8 heteroatoms. The highest BCUT2D eigenvalue weighted by molar-refractivity contribution is 8.05. The van der Waals surface area contributed by atoms with Gasteiger partial charge in [0.15, 0.2) is 5.84 Å². The SMILES string of the molecule is O=S1(=O)N=C2C=CC=CN2C1=Nc1cc(Cl)ccc1Cl. The first-order valence-electron chi connectivity index (χ1n) is 5.50. The molecule has 1 aromatic carbocycles. The molecular weight excluding hydrogens is 321 g/mol. The van der Waals surface area contributed by atoms with Crippen molar-refractivity contribution in [2.24, 2.45) is 9.39 Å². The van der Waals surface area contributed by atoms with Crippen LogP contribution in [0.2, 0.25) is 10.0 Å². The molecule has 1 aromatic rings. The summed E-state index contributed by atoms with van der Waals surface area (Å²) >= 11 is 11.9. The maximum absolute atomic E-state index is 12.0. The van der Waals surface area contributed by atoms with Crippen LogP contribution >= 0.6 is 23.2 Å². The number of rotatable bonds is 1. The number of amidine groups is 2. The Bertz CT molecular complexity index is 810. The van der Waals surface area contributed by atoms with Crippen molar-refractivity contribution in [3.63, 3.8) is 0 Å². The van der Waals surface area contributed by atoms with Gasteiger partial charge < -0.3 is 0 Å². The fraction of sp³-hybridized carbons (Fsp3) is 0. The van der Waals surface area contributed by atoms with E-state index in [1.807, 2.05) is 0 Å². The third kappa shape index (κ3) is 2.26. The predicted molar refractivity (Wildman–Crippen MR) is 80.0 cm³/mol. The van der Waals surface area contributed by atoms with Gasteiger partial charge in [0, 0.05) is 11.2 Å². The standard InChI is InChI=1S/C12H7Cl2N3O2S/c13-8-4-5-9(14)10(7-8)15-12-17-6-2-1-3-11(17)16-20(12,18)19/h1-7H. The molecule has 5 nitrogen and oxygen atoms in total. The molecule has 0 bridgehead atoms. The van der Waals surface area contributed by atoms with Gasteiger partial charge in [0.05, 0.1) is 10.7 Å². The first kappa shape index (κ1) is 13.4. The molecular formula is C12H7Cl2N3O2S. The third-order valence-electron chi connectivity index (χ3n) is 2.61. The summed E-state index contributed by atoms with van der Waals surface area (Å²) in [5.74, 6) is 0.296. The van der Waals surface area contributed by atoms with Crippen LogP contribution in [0.15, 0.2) is 52.0 Å². The van der Waals surface area contributed by atoms with Crippen LogP contribution in [0.4, 0.5) is 5.69 Å². The molecule has 0 aliphatic carbocycles. The fourth-order valence-electron chi connectivity index (χ4n) is 1.74. The van der Waals surface area contributed by atoms with Gasteiger partial charge in [-0.05, 0) is 30.4 Å². The first-order valence-corrected chi connectivity index (χ1v) is 7.70. The van der Waals surface area contributed by atoms with E-state index in [4.69, 9.17) is 23.2 Å². The van der Waals surface area contributed by atoms with Crippen molar-refractivity contribution in [1.29, 1.82) is 0 Å². The van der Waals surface area contributed by atoms with Crippen molar-refractivity contribution < 1.29 is 8.42 Å². The van der Waals surface area contributed by atoms with E-state index >= 15 is 0 Å². The topological polar surface area (TPSA) is 62.1 Å². The van der Waals surface area contributed by atoms with Gasteiger partial charge in [-0.3, -0.25) is 4.90 Å². The molecule has 0 aromatic heterocycles. The number of hydrogen-bond donors (Lipinski definition) is 0. The summed E-state index contributed by atoms with van der Waals surface area (Å²) < 4.78 is 27.7. The van der Waals surface area contributed by atoms with E-state index in [9.17, 15) is 8.42 Å². The maximum Gasteiger partial charge on any atom is 0.318 e. The van der Waals surface area contributed by atoms with E-state index in [1.165, 1.54) is 11.0 Å². The zero-order valence-corrected chi connectivity index (χ0v) is 12.2. The molecule has 0 spiro atoms. The summed E-state index contributed by atoms with van der Waals surface area (Å²) in [7, 11) is -3.84. The minimum atomic E-state index is -3.84. The van der Waals surface area contributed by atoms with Crippen molar-refractivity contribution in [3.05, 3.63) is 52.7 Å². The van der Waals surface area contributed by atoms with E-state index in [-0.39, 0.29) is 10.9 Å². The molecule has 0 atom stereocenters. The highest BCUT2D eigenvalue weighted by Gasteiger charge is 2.35. The highest BCUT2D eigenvalue weighted by atomic mass is 35.5. The molecule has 0 unspecified atom stereocenters. The zero-order valence-electron chi connectivity index (χ0n) is 9.86. The average Bonchev–Trinajstić information content (AvgIpc) is 2.65. The number of sulfonamides is 1. The lowest BCUT2D eigenvalue weighted by Gasteiger charge is -2.14. The Balaban J connectivity index is 2.14. The highest BCUT2D eigenvalue weighted by Crippen LogP contribution is 2.30. The number of nitrogens with zero attached hydrogens (tertiary/aromatic N) is 3. The predicted octanol–water partition coefficient (Wildman–Crippen LogP) is 3.11. The van der Waals surface area contributed by atoms with E-state index in [2.05, 4.69) is 9.39 Å². The Labute approximate surface area is 125 Å². The van der Waals surface area contributed by atoms with E-state index in [0.717, 1.165) is 0 Å². The van der Waals surface area contributed by atoms with Crippen molar-refractivity contribution in [1.82, 2.24) is 4.90 Å². The molecule has 2 aliphatic rings. The first-order chi connectivity index (χ1) is 9.47. The van der Waals surface area contributed by atoms with Gasteiger partial charge >= 0.3 is 10.0 Å². The van der Waals surface area contributed by atoms with Gasteiger partial charge in [-0.15, -0.1) is 4.40 Å². The van der Waals surface area contributed by atoms with Crippen LogP contribution in [0.5, 0.6) is 0 Å². The zero-order chi connectivity index (χ0) is 14.3. The molecule has 0 radical (unpaired) electrons. The van der Waals surface area contributed by atoms with Gasteiger partial charge in [0.1, 0.15) is 0 Å². The third-order valence-corrected chi connectivity index (χ3v) is 4.34. The van der Waals surface area contributed by atoms with Crippen LogP contribution in [0.25, 0.3) is 0 Å². The molecule has 20 heavy (non-hydrogen) atoms. The number of aliphatic imine (C=N–C) groups is 1. The minimum Gasteiger partial charge on any atom is -0.274 e. The van der Waals surface area contributed by atoms with Crippen molar-refractivity contribution in [2.45, 2.75) is 0 Å². The number of benzene rings is 1. The second-order valence-electron chi connectivity index (χ2n) is 3.99. The number of halogens is 2. The summed E-state index contributed by atoms with van der Waals surface area (Å²) in [6.45, 7) is 0. The summed E-state index contributed by atoms with van der Waals surface area (Å²) in [5, 5.41) is 0.527. The molecule has 0 amide bonds. The Morgan fingerprint density at radius 3 is 2.80 bits per heavy atom. The molecule has 3 rings (SSSR count). The Kier molecular flexibility index (Phi) is 3.16. The molecule has 0 N–H and O–H groups in total. The fourth-order valence-corrected chi connectivity index (χ4v) is 3.16. The van der Waals surface area contributed by atoms with Crippen molar-refractivity contribution in [2.75, 3.05) is 0 Å². The maximum atomic E-state index is 12.0. The van der Waals surface area contributed by atoms with E-state index < -0.39 is 10.0 Å². The smallest absolute Gasteiger partial charge is 0.274 e. The van der Waals surface area contributed by atoms with Crippen LogP contribution in [-0.2, 0) is 10.0 Å². The second kappa shape index (κ2) is 4.73. The van der Waals surface area contributed by atoms with Crippen LogP contribution in [0.1, 0.15) is 0 Å². The molecule has 102 valence electrons. The second-order valence-corrected chi connectivity index (χ2v) is 6.33. The Morgan fingerprint density at radius 1 is 1.20 bits per heavy atom. The Hall–Kier alpha value is -1.63. The van der Waals surface area contributed by atoms with Crippen LogP contribution in [-0.4, -0.2) is 24.3 Å². The van der Waals surface area contributed by atoms with Gasteiger partial charge in [0.2, 0.25) is 0 Å². The van der Waals surface area contributed by atoms with Gasteiger partial charge in [-0.2, -0.15) is 8.42 Å². The normalized spacial score (nSPS) is 21.2. The summed E-state index contributed by atoms with van der Waals surface area (Å²) in [6, 6.07) is 4.65. The van der Waals surface area contributed by atoms with Gasteiger partial charge in [-0.1, -0.05) is 29.3 Å². The van der Waals surface area contributed by atoms with Crippen LogP contribution in [0, 0.1) is 0 Å². The molecule has 0 saturated heterocycles. The summed E-state index contributed by atoms with van der Waals surface area (Å²) in [5.41, 5.74) is 0.275. The number of allylic oxidation sites excluding steroid dienone is 2. The quantitative estimate of drug-likeness (QED) is 0.796. The monoisotopic (exact) mass is 327 g/mol. The van der Waals surface area contributed by atoms with Crippen molar-refractivity contribution in [3.8, 4) is 0 Å². The van der Waals surface area contributed by atoms with Crippen molar-refractivity contribution >= 4 is 49.9 Å². The average molecular weight is 328 g/mol. The van der Waals surface area contributed by atoms with Gasteiger partial charge in [-0.25, -0.2) is 4.99 Å². The number of fused-ring (bicyclic) bond motifs is 1. The summed E-state index contributed by atoms with van der Waals surface area (Å²) in [4.78, 5) is 5.48. The molecule has 2 aliphatic heterocycles. The summed E-state index contributed by atoms with van der Waals surface area (Å²) in [6.07, 6.45) is 6.54. The lowest BCUT2D eigenvalue weighted by atomic mass is 10.3. The van der Waals surface area contributed by atoms with Crippen LogP contribution in [0.3, 0.4) is 0 Å². The van der Waals surface area contributed by atoms with Crippen LogP contribution < -0.4 is 0 Å². The largest absolute Gasteiger partial charge is 0.318 e. The lowest BCUT2D eigenvalue weighted by molar-refractivity contribution is 0.608. The minimum absolute atomic E-state index is 0.197. The van der Waals surface area contributed by atoms with Gasteiger partial charge in [0.25, 0.3) is 5.17 Å². The molecule has 2 heterocycles. The Morgan fingerprint density at radius 2 is 2.00 bits per heavy atom.